The van der Waals surface area contributed by atoms with Gasteiger partial charge in [-0.05, 0) is 37.1 Å². The molecule has 2 aliphatic heterocycles. The Morgan fingerprint density at radius 2 is 2.00 bits per heavy atom. The third kappa shape index (κ3) is 2.51. The van der Waals surface area contributed by atoms with Crippen LogP contribution in [0, 0.1) is 17.1 Å². The molecule has 5 rings (SSSR count). The molecule has 4 heterocycles. The van der Waals surface area contributed by atoms with Crippen LogP contribution in [0.5, 0.6) is 0 Å². The van der Waals surface area contributed by atoms with Crippen LogP contribution >= 0.6 is 0 Å². The number of piperazine rings is 1. The van der Waals surface area contributed by atoms with E-state index in [0.717, 1.165) is 29.7 Å². The summed E-state index contributed by atoms with van der Waals surface area (Å²) >= 11 is 0. The number of carbonyl (C=O) groups excluding carboxylic acids is 1. The lowest BCUT2D eigenvalue weighted by Crippen LogP contribution is -2.56. The van der Waals surface area contributed by atoms with Crippen LogP contribution in [0.3, 0.4) is 0 Å². The molecule has 140 valence electrons. The third-order valence-electron chi connectivity index (χ3n) is 5.69. The van der Waals surface area contributed by atoms with E-state index in [1.807, 2.05) is 17.2 Å². The minimum absolute atomic E-state index is 0.0499. The summed E-state index contributed by atoms with van der Waals surface area (Å²) in [6.45, 7) is 1.36. The van der Waals surface area contributed by atoms with E-state index in [0.29, 0.717) is 13.1 Å². The number of rotatable bonds is 2. The van der Waals surface area contributed by atoms with Gasteiger partial charge in [-0.2, -0.15) is 5.26 Å². The van der Waals surface area contributed by atoms with Gasteiger partial charge in [-0.1, -0.05) is 0 Å². The zero-order valence-electron chi connectivity index (χ0n) is 15.0. The summed E-state index contributed by atoms with van der Waals surface area (Å²) in [5, 5.41) is 9.85. The predicted octanol–water partition coefficient (Wildman–Crippen LogP) is 2.46. The first kappa shape index (κ1) is 16.7. The topological polar surface area (TPSA) is 88.9 Å². The normalized spacial score (nSPS) is 21.1. The van der Waals surface area contributed by atoms with E-state index in [4.69, 9.17) is 5.26 Å². The number of nitriles is 1. The maximum Gasteiger partial charge on any atom is 0.254 e. The van der Waals surface area contributed by atoms with Gasteiger partial charge in [0.2, 0.25) is 0 Å². The lowest BCUT2D eigenvalue weighted by molar-refractivity contribution is 0.0641. The van der Waals surface area contributed by atoms with E-state index in [-0.39, 0.29) is 29.1 Å². The van der Waals surface area contributed by atoms with Gasteiger partial charge in [0.25, 0.3) is 5.91 Å². The standard InChI is InChI=1S/C20H17FN6O/c21-17-7-12(1-2-13(17)8-22)20(28)27-14-3-4-15(27)10-26(9-14)19-16-5-6-23-18(16)24-11-25-19/h1-2,5-7,11,14-15H,3-4,9-10H2,(H,23,24,25). The minimum atomic E-state index is -0.657. The van der Waals surface area contributed by atoms with Crippen molar-refractivity contribution in [3.63, 3.8) is 0 Å². The number of anilines is 1. The number of aromatic amines is 1. The summed E-state index contributed by atoms with van der Waals surface area (Å²) < 4.78 is 14.0. The molecule has 3 aromatic rings. The quantitative estimate of drug-likeness (QED) is 0.742. The molecule has 1 amide bonds. The van der Waals surface area contributed by atoms with Crippen molar-refractivity contribution >= 4 is 22.8 Å². The molecule has 1 aromatic carbocycles. The van der Waals surface area contributed by atoms with Gasteiger partial charge in [-0.15, -0.1) is 0 Å². The smallest absolute Gasteiger partial charge is 0.254 e. The average Bonchev–Trinajstić information content (AvgIpc) is 3.29. The van der Waals surface area contributed by atoms with Crippen LogP contribution in [0.2, 0.25) is 0 Å². The van der Waals surface area contributed by atoms with Crippen LogP contribution in [0.1, 0.15) is 28.8 Å². The number of nitrogens with one attached hydrogen (secondary N) is 1. The van der Waals surface area contributed by atoms with E-state index in [2.05, 4.69) is 19.9 Å². The lowest BCUT2D eigenvalue weighted by atomic mass is 10.1. The van der Waals surface area contributed by atoms with Crippen LogP contribution in [0.4, 0.5) is 10.2 Å². The molecule has 28 heavy (non-hydrogen) atoms. The van der Waals surface area contributed by atoms with Gasteiger partial charge >= 0.3 is 0 Å². The van der Waals surface area contributed by atoms with Crippen molar-refractivity contribution < 1.29 is 9.18 Å². The fourth-order valence-electron chi connectivity index (χ4n) is 4.41. The molecule has 1 N–H and O–H groups in total. The molecule has 2 fully saturated rings. The molecule has 2 bridgehead atoms. The van der Waals surface area contributed by atoms with Gasteiger partial charge in [-0.25, -0.2) is 14.4 Å². The predicted molar refractivity (Wildman–Crippen MR) is 100 cm³/mol. The largest absolute Gasteiger partial charge is 0.352 e. The van der Waals surface area contributed by atoms with Gasteiger partial charge in [0, 0.05) is 24.8 Å². The first-order chi connectivity index (χ1) is 13.7. The monoisotopic (exact) mass is 376 g/mol. The average molecular weight is 376 g/mol. The van der Waals surface area contributed by atoms with Crippen molar-refractivity contribution in [1.82, 2.24) is 19.9 Å². The van der Waals surface area contributed by atoms with Crippen molar-refractivity contribution in [2.45, 2.75) is 24.9 Å². The number of nitrogens with zero attached hydrogens (tertiary/aromatic N) is 5. The minimum Gasteiger partial charge on any atom is -0.352 e. The van der Waals surface area contributed by atoms with Crippen LogP contribution in [-0.2, 0) is 0 Å². The Hall–Kier alpha value is -3.47. The second-order valence-electron chi connectivity index (χ2n) is 7.25. The molecule has 2 aliphatic rings. The number of hydrogen-bond acceptors (Lipinski definition) is 5. The molecule has 0 aliphatic carbocycles. The second kappa shape index (κ2) is 6.30. The Morgan fingerprint density at radius 3 is 2.71 bits per heavy atom. The zero-order chi connectivity index (χ0) is 19.3. The van der Waals surface area contributed by atoms with E-state index in [1.165, 1.54) is 18.2 Å². The number of halogens is 1. The Kier molecular flexibility index (Phi) is 3.76. The van der Waals surface area contributed by atoms with Crippen molar-refractivity contribution in [2.75, 3.05) is 18.0 Å². The number of fused-ring (bicyclic) bond motifs is 3. The maximum absolute atomic E-state index is 14.0. The highest BCUT2D eigenvalue weighted by Crippen LogP contribution is 2.35. The lowest BCUT2D eigenvalue weighted by Gasteiger charge is -2.41. The molecule has 8 heteroatoms. The summed E-state index contributed by atoms with van der Waals surface area (Å²) in [5.74, 6) is 0.0415. The van der Waals surface area contributed by atoms with Gasteiger partial charge in [-0.3, -0.25) is 4.79 Å². The summed E-state index contributed by atoms with van der Waals surface area (Å²) in [4.78, 5) is 29.0. The van der Waals surface area contributed by atoms with E-state index >= 15 is 0 Å². The van der Waals surface area contributed by atoms with Gasteiger partial charge in [0.1, 0.15) is 29.7 Å². The molecule has 0 saturated carbocycles. The molecule has 2 saturated heterocycles. The Balaban J connectivity index is 1.42. The van der Waals surface area contributed by atoms with Crippen LogP contribution in [-0.4, -0.2) is 50.9 Å². The van der Waals surface area contributed by atoms with Crippen molar-refractivity contribution in [3.05, 3.63) is 53.7 Å². The van der Waals surface area contributed by atoms with E-state index < -0.39 is 5.82 Å². The molecule has 7 nitrogen and oxygen atoms in total. The van der Waals surface area contributed by atoms with Crippen LogP contribution in [0.25, 0.3) is 11.0 Å². The molecule has 0 spiro atoms. The summed E-state index contributed by atoms with van der Waals surface area (Å²) in [5.41, 5.74) is 1.03. The first-order valence-electron chi connectivity index (χ1n) is 9.21. The van der Waals surface area contributed by atoms with E-state index in [1.54, 1.807) is 12.4 Å². The van der Waals surface area contributed by atoms with Crippen molar-refractivity contribution in [2.24, 2.45) is 0 Å². The SMILES string of the molecule is N#Cc1ccc(C(=O)N2C3CCC2CN(c2ncnc4[nH]ccc24)C3)cc1F. The number of benzene rings is 1. The summed E-state index contributed by atoms with van der Waals surface area (Å²) in [7, 11) is 0. The number of amides is 1. The molecule has 0 radical (unpaired) electrons. The number of carbonyl (C=O) groups is 1. The highest BCUT2D eigenvalue weighted by Gasteiger charge is 2.43. The van der Waals surface area contributed by atoms with E-state index in [9.17, 15) is 9.18 Å². The maximum atomic E-state index is 14.0. The number of H-pyrrole nitrogens is 1. The van der Waals surface area contributed by atoms with Crippen molar-refractivity contribution in [1.29, 1.82) is 5.26 Å². The van der Waals surface area contributed by atoms with Gasteiger partial charge < -0.3 is 14.8 Å². The molecule has 2 atom stereocenters. The third-order valence-corrected chi connectivity index (χ3v) is 5.69. The number of aromatic nitrogens is 3. The molecular formula is C20H17FN6O. The Bertz CT molecular complexity index is 1110. The second-order valence-corrected chi connectivity index (χ2v) is 7.25. The van der Waals surface area contributed by atoms with Gasteiger partial charge in [0.15, 0.2) is 0 Å². The highest BCUT2D eigenvalue weighted by molar-refractivity contribution is 5.95. The fourth-order valence-corrected chi connectivity index (χ4v) is 4.41. The zero-order valence-corrected chi connectivity index (χ0v) is 15.0. The van der Waals surface area contributed by atoms with Crippen molar-refractivity contribution in [3.8, 4) is 6.07 Å². The van der Waals surface area contributed by atoms with Crippen LogP contribution in [0.15, 0.2) is 36.8 Å². The molecular weight excluding hydrogens is 359 g/mol. The van der Waals surface area contributed by atoms with Gasteiger partial charge in [0.05, 0.1) is 23.0 Å². The summed E-state index contributed by atoms with van der Waals surface area (Å²) in [6, 6.07) is 7.91. The van der Waals surface area contributed by atoms with Crippen LogP contribution < -0.4 is 4.90 Å². The first-order valence-corrected chi connectivity index (χ1v) is 9.21. The number of hydrogen-bond donors (Lipinski definition) is 1. The Labute approximate surface area is 160 Å². The molecule has 2 aromatic heterocycles. The highest BCUT2D eigenvalue weighted by atomic mass is 19.1. The molecule has 2 unspecified atom stereocenters. The summed E-state index contributed by atoms with van der Waals surface area (Å²) in [6.07, 6.45) is 5.21. The Morgan fingerprint density at radius 1 is 1.21 bits per heavy atom. The fraction of sp³-hybridized carbons (Fsp3) is 0.300.